The zero-order valence-corrected chi connectivity index (χ0v) is 18.6. The fourth-order valence-corrected chi connectivity index (χ4v) is 2.33. The van der Waals surface area contributed by atoms with E-state index in [9.17, 15) is 4.79 Å². The first-order valence-electron chi connectivity index (χ1n) is 10.8. The third-order valence-corrected chi connectivity index (χ3v) is 4.01. The van der Waals surface area contributed by atoms with Crippen LogP contribution in [-0.2, 0) is 4.79 Å². The molecule has 0 aliphatic rings. The number of hydrogen-bond acceptors (Lipinski definition) is 2. The zero-order valence-electron chi connectivity index (χ0n) is 18.6. The summed E-state index contributed by atoms with van der Waals surface area (Å²) in [5, 5.41) is 11.9. The van der Waals surface area contributed by atoms with E-state index in [2.05, 4.69) is 79.1 Å². The van der Waals surface area contributed by atoms with Gasteiger partial charge in [-0.2, -0.15) is 0 Å². The van der Waals surface area contributed by atoms with Gasteiger partial charge in [-0.1, -0.05) is 79.8 Å². The number of allylic oxidation sites excluding steroid dienone is 12. The summed E-state index contributed by atoms with van der Waals surface area (Å²) in [5.41, 5.74) is -0.546. The predicted octanol–water partition coefficient (Wildman–Crippen LogP) is 6.35. The second-order valence-corrected chi connectivity index (χ2v) is 7.54. The minimum Gasteiger partial charge on any atom is -0.394 e. The summed E-state index contributed by atoms with van der Waals surface area (Å²) < 4.78 is 0. The molecule has 0 aromatic rings. The van der Waals surface area contributed by atoms with Crippen molar-refractivity contribution in [3.63, 3.8) is 0 Å². The number of carbonyl (C=O) groups is 1. The van der Waals surface area contributed by atoms with E-state index in [0.29, 0.717) is 6.42 Å². The van der Waals surface area contributed by atoms with Crippen molar-refractivity contribution in [2.45, 2.75) is 77.7 Å². The van der Waals surface area contributed by atoms with Crippen molar-refractivity contribution < 1.29 is 9.90 Å². The van der Waals surface area contributed by atoms with Crippen LogP contribution in [0.15, 0.2) is 72.9 Å². The Morgan fingerprint density at radius 3 is 1.48 bits per heavy atom. The van der Waals surface area contributed by atoms with Crippen LogP contribution in [0.2, 0.25) is 0 Å². The normalized spacial score (nSPS) is 13.4. The monoisotopic (exact) mass is 399 g/mol. The molecule has 0 spiro atoms. The average Bonchev–Trinajstić information content (AvgIpc) is 2.69. The second kappa shape index (κ2) is 19.2. The number of hydrogen-bond donors (Lipinski definition) is 2. The third-order valence-electron chi connectivity index (χ3n) is 4.01. The van der Waals surface area contributed by atoms with Gasteiger partial charge >= 0.3 is 0 Å². The van der Waals surface area contributed by atoms with Crippen LogP contribution < -0.4 is 5.32 Å². The number of rotatable bonds is 16. The SMILES string of the molecule is CCC=CCC=CCC=CCC=CCC=CCC=CCCC(=O)NC(C)(C)CO. The van der Waals surface area contributed by atoms with E-state index in [1.165, 1.54) is 0 Å². The maximum Gasteiger partial charge on any atom is 0.220 e. The highest BCUT2D eigenvalue weighted by Gasteiger charge is 2.17. The van der Waals surface area contributed by atoms with Crippen molar-refractivity contribution in [2.75, 3.05) is 6.61 Å². The number of nitrogens with one attached hydrogen (secondary N) is 1. The molecule has 0 fully saturated rings. The minimum atomic E-state index is -0.546. The molecular weight excluding hydrogens is 358 g/mol. The van der Waals surface area contributed by atoms with Crippen molar-refractivity contribution >= 4 is 5.91 Å². The molecule has 0 radical (unpaired) electrons. The Balaban J connectivity index is 3.66. The van der Waals surface area contributed by atoms with Crippen LogP contribution >= 0.6 is 0 Å². The Kier molecular flexibility index (Phi) is 17.8. The molecule has 0 saturated heterocycles. The smallest absolute Gasteiger partial charge is 0.220 e. The molecule has 0 unspecified atom stereocenters. The molecule has 0 saturated carbocycles. The minimum absolute atomic E-state index is 0.0245. The van der Waals surface area contributed by atoms with Gasteiger partial charge in [0.1, 0.15) is 0 Å². The number of amides is 1. The van der Waals surface area contributed by atoms with Gasteiger partial charge in [-0.3, -0.25) is 4.79 Å². The van der Waals surface area contributed by atoms with E-state index in [4.69, 9.17) is 5.11 Å². The predicted molar refractivity (Wildman–Crippen MR) is 127 cm³/mol. The molecule has 0 aliphatic heterocycles. The summed E-state index contributed by atoms with van der Waals surface area (Å²) in [6.07, 6.45) is 33.1. The fourth-order valence-electron chi connectivity index (χ4n) is 2.33. The first-order chi connectivity index (χ1) is 14.0. The summed E-state index contributed by atoms with van der Waals surface area (Å²) in [4.78, 5) is 11.7. The van der Waals surface area contributed by atoms with Crippen LogP contribution in [0.4, 0.5) is 0 Å². The van der Waals surface area contributed by atoms with Crippen LogP contribution in [0.25, 0.3) is 0 Å². The van der Waals surface area contributed by atoms with E-state index in [1.807, 2.05) is 19.9 Å². The molecule has 0 bridgehead atoms. The molecule has 0 atom stereocenters. The van der Waals surface area contributed by atoms with Crippen molar-refractivity contribution in [2.24, 2.45) is 0 Å². The summed E-state index contributed by atoms with van der Waals surface area (Å²) in [5.74, 6) is -0.0245. The van der Waals surface area contributed by atoms with Gasteiger partial charge in [-0.05, 0) is 58.8 Å². The zero-order chi connectivity index (χ0) is 21.6. The molecule has 162 valence electrons. The highest BCUT2D eigenvalue weighted by molar-refractivity contribution is 5.76. The van der Waals surface area contributed by atoms with Crippen molar-refractivity contribution in [3.8, 4) is 0 Å². The lowest BCUT2D eigenvalue weighted by Gasteiger charge is -2.23. The van der Waals surface area contributed by atoms with Crippen molar-refractivity contribution in [3.05, 3.63) is 72.9 Å². The maximum atomic E-state index is 11.7. The van der Waals surface area contributed by atoms with Crippen molar-refractivity contribution in [1.29, 1.82) is 0 Å². The van der Waals surface area contributed by atoms with Crippen LogP contribution in [0, 0.1) is 0 Å². The quantitative estimate of drug-likeness (QED) is 0.297. The lowest BCUT2D eigenvalue weighted by molar-refractivity contribution is -0.123. The van der Waals surface area contributed by atoms with Gasteiger partial charge in [-0.15, -0.1) is 0 Å². The van der Waals surface area contributed by atoms with E-state index in [-0.39, 0.29) is 12.5 Å². The van der Waals surface area contributed by atoms with Gasteiger partial charge in [0, 0.05) is 6.42 Å². The van der Waals surface area contributed by atoms with Gasteiger partial charge in [0.15, 0.2) is 0 Å². The second-order valence-electron chi connectivity index (χ2n) is 7.54. The molecule has 1 amide bonds. The topological polar surface area (TPSA) is 49.3 Å². The number of carbonyl (C=O) groups excluding carboxylic acids is 1. The van der Waals surface area contributed by atoms with Gasteiger partial charge < -0.3 is 10.4 Å². The fraction of sp³-hybridized carbons (Fsp3) is 0.500. The first-order valence-corrected chi connectivity index (χ1v) is 10.8. The maximum absolute atomic E-state index is 11.7. The van der Waals surface area contributed by atoms with E-state index >= 15 is 0 Å². The summed E-state index contributed by atoms with van der Waals surface area (Å²) in [6, 6.07) is 0. The standard InChI is InChI=1S/C26H41NO2/c1-4-5-6-7-8-9-10-11-12-13-14-15-16-17-18-19-20-21-22-23-25(29)27-26(2,3)24-28/h5-6,8-9,11-12,14-15,17-18,20-21,28H,4,7,10,13,16,19,22-24H2,1-3H3,(H,27,29). The molecule has 0 aromatic heterocycles. The van der Waals surface area contributed by atoms with E-state index < -0.39 is 5.54 Å². The highest BCUT2D eigenvalue weighted by Crippen LogP contribution is 2.02. The van der Waals surface area contributed by atoms with Crippen LogP contribution in [0.3, 0.4) is 0 Å². The third kappa shape index (κ3) is 20.4. The Morgan fingerprint density at radius 2 is 1.10 bits per heavy atom. The Labute approximate surface area is 178 Å². The van der Waals surface area contributed by atoms with Gasteiger partial charge in [0.25, 0.3) is 0 Å². The molecule has 0 rings (SSSR count). The van der Waals surface area contributed by atoms with E-state index in [0.717, 1.165) is 44.9 Å². The van der Waals surface area contributed by atoms with Gasteiger partial charge in [-0.25, -0.2) is 0 Å². The summed E-state index contributed by atoms with van der Waals surface area (Å²) in [6.45, 7) is 5.71. The Morgan fingerprint density at radius 1 is 0.724 bits per heavy atom. The summed E-state index contributed by atoms with van der Waals surface area (Å²) >= 11 is 0. The highest BCUT2D eigenvalue weighted by atomic mass is 16.3. The molecule has 0 heterocycles. The van der Waals surface area contributed by atoms with Crippen LogP contribution in [0.1, 0.15) is 72.1 Å². The van der Waals surface area contributed by atoms with Crippen LogP contribution in [-0.4, -0.2) is 23.2 Å². The lowest BCUT2D eigenvalue weighted by atomic mass is 10.1. The van der Waals surface area contributed by atoms with E-state index in [1.54, 1.807) is 0 Å². The Hall–Kier alpha value is -2.13. The molecule has 3 heteroatoms. The largest absolute Gasteiger partial charge is 0.394 e. The molecule has 0 aliphatic carbocycles. The lowest BCUT2D eigenvalue weighted by Crippen LogP contribution is -2.46. The Bertz CT molecular complexity index is 578. The van der Waals surface area contributed by atoms with Crippen molar-refractivity contribution in [1.82, 2.24) is 5.32 Å². The molecule has 29 heavy (non-hydrogen) atoms. The number of aliphatic hydroxyl groups excluding tert-OH is 1. The molecular formula is C26H41NO2. The average molecular weight is 400 g/mol. The number of aliphatic hydroxyl groups is 1. The van der Waals surface area contributed by atoms with Gasteiger partial charge in [0.2, 0.25) is 5.91 Å². The summed E-state index contributed by atoms with van der Waals surface area (Å²) in [7, 11) is 0. The molecule has 2 N–H and O–H groups in total. The molecule has 0 aromatic carbocycles. The van der Waals surface area contributed by atoms with Gasteiger partial charge in [0.05, 0.1) is 12.1 Å². The van der Waals surface area contributed by atoms with Crippen LogP contribution in [0.5, 0.6) is 0 Å². The first kappa shape index (κ1) is 26.9. The molecule has 3 nitrogen and oxygen atoms in total.